The van der Waals surface area contributed by atoms with E-state index in [-0.39, 0.29) is 10.2 Å². The van der Waals surface area contributed by atoms with Crippen LogP contribution in [0.4, 0.5) is 0 Å². The molecular weight excluding hydrogens is 380 g/mol. The quantitative estimate of drug-likeness (QED) is 0.586. The minimum Gasteiger partial charge on any atom is -0.496 e. The summed E-state index contributed by atoms with van der Waals surface area (Å²) in [6.45, 7) is 4.50. The van der Waals surface area contributed by atoms with Crippen molar-refractivity contribution in [3.8, 4) is 5.75 Å². The highest BCUT2D eigenvalue weighted by Crippen LogP contribution is 2.44. The molecule has 1 nitrogen and oxygen atoms in total. The number of ether oxygens (including phenoxy) is 1. The van der Waals surface area contributed by atoms with E-state index in [0.29, 0.717) is 0 Å². The van der Waals surface area contributed by atoms with Crippen molar-refractivity contribution in [3.05, 3.63) is 64.1 Å². The second-order valence-corrected chi connectivity index (χ2v) is 7.11. The van der Waals surface area contributed by atoms with Crippen LogP contribution >= 0.6 is 31.9 Å². The van der Waals surface area contributed by atoms with Gasteiger partial charge in [-0.2, -0.15) is 0 Å². The summed E-state index contributed by atoms with van der Waals surface area (Å²) in [5.41, 5.74) is 2.54. The number of rotatable bonds is 4. The van der Waals surface area contributed by atoms with Gasteiger partial charge in [0.2, 0.25) is 0 Å². The third-order valence-corrected chi connectivity index (χ3v) is 5.91. The van der Waals surface area contributed by atoms with E-state index in [1.807, 2.05) is 12.1 Å². The van der Waals surface area contributed by atoms with Crippen molar-refractivity contribution < 1.29 is 4.74 Å². The van der Waals surface area contributed by atoms with E-state index >= 15 is 0 Å². The van der Waals surface area contributed by atoms with Crippen LogP contribution < -0.4 is 4.74 Å². The minimum absolute atomic E-state index is 0.00467. The van der Waals surface area contributed by atoms with Crippen LogP contribution in [-0.4, -0.2) is 7.11 Å². The van der Waals surface area contributed by atoms with Gasteiger partial charge in [-0.3, -0.25) is 0 Å². The first-order valence-electron chi connectivity index (χ1n) is 6.50. The first-order chi connectivity index (χ1) is 9.46. The second kappa shape index (κ2) is 6.31. The molecule has 2 rings (SSSR count). The largest absolute Gasteiger partial charge is 0.496 e. The summed E-state index contributed by atoms with van der Waals surface area (Å²) in [4.78, 5) is 0.222. The molecule has 20 heavy (non-hydrogen) atoms. The molecule has 0 aromatic heterocycles. The Labute approximate surface area is 137 Å². The lowest BCUT2D eigenvalue weighted by Crippen LogP contribution is -2.23. The predicted octanol–water partition coefficient (Wildman–Crippen LogP) is 5.87. The monoisotopic (exact) mass is 396 g/mol. The number of hydrogen-bond acceptors (Lipinski definition) is 1. The van der Waals surface area contributed by atoms with E-state index in [2.05, 4.69) is 82.1 Å². The summed E-state index contributed by atoms with van der Waals surface area (Å²) >= 11 is 7.42. The maximum atomic E-state index is 5.29. The Morgan fingerprint density at radius 3 is 2.25 bits per heavy atom. The molecule has 106 valence electrons. The van der Waals surface area contributed by atoms with Crippen LogP contribution in [0.1, 0.15) is 29.8 Å². The topological polar surface area (TPSA) is 9.23 Å². The van der Waals surface area contributed by atoms with Crippen molar-refractivity contribution in [2.24, 2.45) is 0 Å². The molecule has 2 aromatic carbocycles. The van der Waals surface area contributed by atoms with Gasteiger partial charge < -0.3 is 4.74 Å². The normalized spacial score (nSPS) is 13.1. The Hall–Kier alpha value is -0.800. The minimum atomic E-state index is -0.00467. The third kappa shape index (κ3) is 3.09. The molecule has 1 unspecified atom stereocenters. The van der Waals surface area contributed by atoms with E-state index in [4.69, 9.17) is 4.74 Å². The van der Waals surface area contributed by atoms with Gasteiger partial charge in [-0.15, -0.1) is 0 Å². The summed E-state index contributed by atoms with van der Waals surface area (Å²) in [6, 6.07) is 16.8. The summed E-state index contributed by atoms with van der Waals surface area (Å²) in [5, 5.41) is 0. The second-order valence-electron chi connectivity index (χ2n) is 5.34. The van der Waals surface area contributed by atoms with Crippen molar-refractivity contribution in [2.75, 3.05) is 7.11 Å². The highest BCUT2D eigenvalue weighted by molar-refractivity contribution is 9.10. The van der Waals surface area contributed by atoms with Crippen molar-refractivity contribution in [1.82, 2.24) is 0 Å². The molecule has 0 N–H and O–H groups in total. The molecule has 0 saturated carbocycles. The fourth-order valence-corrected chi connectivity index (χ4v) is 3.38. The van der Waals surface area contributed by atoms with Gasteiger partial charge in [-0.25, -0.2) is 0 Å². The number of methoxy groups -OCH3 is 1. The molecule has 0 amide bonds. The molecule has 0 aliphatic carbocycles. The van der Waals surface area contributed by atoms with Crippen LogP contribution in [0.3, 0.4) is 0 Å². The molecule has 0 saturated heterocycles. The Balaban J connectivity index is 2.35. The Morgan fingerprint density at radius 1 is 1.05 bits per heavy atom. The first kappa shape index (κ1) is 15.6. The molecule has 0 heterocycles. The van der Waals surface area contributed by atoms with Gasteiger partial charge in [0.25, 0.3) is 0 Å². The van der Waals surface area contributed by atoms with Gasteiger partial charge in [0, 0.05) is 10.2 Å². The fourth-order valence-electron chi connectivity index (χ4n) is 2.27. The molecule has 0 bridgehead atoms. The van der Waals surface area contributed by atoms with Crippen molar-refractivity contribution in [1.29, 1.82) is 0 Å². The van der Waals surface area contributed by atoms with E-state index < -0.39 is 0 Å². The standard InChI is InChI=1S/C17H18Br2O/c1-17(2,13-7-5-4-6-8-13)16(19)12-9-10-15(20-3)14(18)11-12/h4-11,16H,1-3H3. The van der Waals surface area contributed by atoms with Gasteiger partial charge in [-0.1, -0.05) is 66.2 Å². The van der Waals surface area contributed by atoms with Crippen LogP contribution in [0.5, 0.6) is 5.75 Å². The third-order valence-electron chi connectivity index (χ3n) is 3.62. The van der Waals surface area contributed by atoms with Gasteiger partial charge in [0.05, 0.1) is 11.6 Å². The maximum Gasteiger partial charge on any atom is 0.133 e. The fraction of sp³-hybridized carbons (Fsp3) is 0.294. The molecule has 0 fully saturated rings. The summed E-state index contributed by atoms with van der Waals surface area (Å²) in [7, 11) is 1.68. The highest BCUT2D eigenvalue weighted by Gasteiger charge is 2.30. The molecule has 1 atom stereocenters. The van der Waals surface area contributed by atoms with Gasteiger partial charge in [-0.05, 0) is 39.2 Å². The van der Waals surface area contributed by atoms with Gasteiger partial charge in [0.1, 0.15) is 5.75 Å². The lowest BCUT2D eigenvalue weighted by atomic mass is 9.79. The van der Waals surface area contributed by atoms with Crippen LogP contribution in [0.2, 0.25) is 0 Å². The van der Waals surface area contributed by atoms with Crippen LogP contribution in [0.25, 0.3) is 0 Å². The lowest BCUT2D eigenvalue weighted by molar-refractivity contribution is 0.411. The zero-order chi connectivity index (χ0) is 14.8. The number of halogens is 2. The summed E-state index contributed by atoms with van der Waals surface area (Å²) < 4.78 is 6.27. The number of benzene rings is 2. The number of hydrogen-bond donors (Lipinski definition) is 0. The van der Waals surface area contributed by atoms with Crippen LogP contribution in [0.15, 0.2) is 53.0 Å². The SMILES string of the molecule is COc1ccc(C(Br)C(C)(C)c2ccccc2)cc1Br. The first-order valence-corrected chi connectivity index (χ1v) is 8.20. The van der Waals surface area contributed by atoms with Crippen LogP contribution in [-0.2, 0) is 5.41 Å². The zero-order valence-corrected chi connectivity index (χ0v) is 15.0. The Morgan fingerprint density at radius 2 is 1.70 bits per heavy atom. The molecule has 0 aliphatic heterocycles. The average Bonchev–Trinajstić information content (AvgIpc) is 2.47. The van der Waals surface area contributed by atoms with Gasteiger partial charge in [0.15, 0.2) is 0 Å². The lowest BCUT2D eigenvalue weighted by Gasteiger charge is -2.31. The molecule has 3 heteroatoms. The van der Waals surface area contributed by atoms with E-state index in [1.165, 1.54) is 11.1 Å². The molecule has 0 aliphatic rings. The van der Waals surface area contributed by atoms with Crippen LogP contribution in [0, 0.1) is 0 Å². The molecule has 2 aromatic rings. The van der Waals surface area contributed by atoms with E-state index in [1.54, 1.807) is 7.11 Å². The smallest absolute Gasteiger partial charge is 0.133 e. The van der Waals surface area contributed by atoms with Crippen molar-refractivity contribution in [3.63, 3.8) is 0 Å². The van der Waals surface area contributed by atoms with E-state index in [9.17, 15) is 0 Å². The maximum absolute atomic E-state index is 5.29. The molecular formula is C17H18Br2O. The predicted molar refractivity (Wildman–Crippen MR) is 91.8 cm³/mol. The Kier molecular flexibility index (Phi) is 4.92. The highest BCUT2D eigenvalue weighted by atomic mass is 79.9. The van der Waals surface area contributed by atoms with Crippen molar-refractivity contribution in [2.45, 2.75) is 24.1 Å². The van der Waals surface area contributed by atoms with Gasteiger partial charge >= 0.3 is 0 Å². The van der Waals surface area contributed by atoms with Crippen molar-refractivity contribution >= 4 is 31.9 Å². The Bertz CT molecular complexity index is 579. The molecule has 0 radical (unpaired) electrons. The van der Waals surface area contributed by atoms with E-state index in [0.717, 1.165) is 10.2 Å². The molecule has 0 spiro atoms. The summed E-state index contributed by atoms with van der Waals surface area (Å²) in [5.74, 6) is 0.853. The summed E-state index contributed by atoms with van der Waals surface area (Å²) in [6.07, 6.45) is 0. The zero-order valence-electron chi connectivity index (χ0n) is 11.9. The number of alkyl halides is 1. The average molecular weight is 398 g/mol.